The Bertz CT molecular complexity index is 148. The fraction of sp³-hybridized carbons (Fsp3) is 0.909. The molecule has 1 atom stereocenters. The van der Waals surface area contributed by atoms with Gasteiger partial charge in [-0.1, -0.05) is 39.5 Å². The molecular formula is C11H22O2S. The van der Waals surface area contributed by atoms with E-state index in [0.29, 0.717) is 0 Å². The lowest BCUT2D eigenvalue weighted by Gasteiger charge is -2.10. The molecule has 0 aromatic heterocycles. The van der Waals surface area contributed by atoms with Crippen molar-refractivity contribution in [3.05, 3.63) is 0 Å². The van der Waals surface area contributed by atoms with Crippen LogP contribution in [0.5, 0.6) is 0 Å². The van der Waals surface area contributed by atoms with Gasteiger partial charge in [0.1, 0.15) is 5.25 Å². The fourth-order valence-electron chi connectivity index (χ4n) is 1.29. The summed E-state index contributed by atoms with van der Waals surface area (Å²) in [5, 5.41) is 8.76. The van der Waals surface area contributed by atoms with Gasteiger partial charge in [0.2, 0.25) is 0 Å². The summed E-state index contributed by atoms with van der Waals surface area (Å²) in [5.74, 6) is 0.324. The molecule has 14 heavy (non-hydrogen) atoms. The smallest absolute Gasteiger partial charge is 0.316 e. The molecule has 0 aliphatic rings. The molecule has 0 heterocycles. The summed E-state index contributed by atoms with van der Waals surface area (Å²) in [6, 6.07) is 0. The largest absolute Gasteiger partial charge is 0.480 e. The monoisotopic (exact) mass is 218 g/mol. The highest BCUT2D eigenvalue weighted by Crippen LogP contribution is 2.19. The third-order valence-electron chi connectivity index (χ3n) is 2.12. The standard InChI is InChI=1S/C11H22O2S/c1-3-5-6-7-8-10(11(12)13)14-9-4-2/h10H,3-9H2,1-2H3,(H,12,13). The van der Waals surface area contributed by atoms with Gasteiger partial charge in [0.25, 0.3) is 0 Å². The molecule has 0 fully saturated rings. The van der Waals surface area contributed by atoms with Crippen LogP contribution in [0, 0.1) is 0 Å². The Morgan fingerprint density at radius 1 is 1.21 bits per heavy atom. The first-order chi connectivity index (χ1) is 6.72. The molecule has 0 spiro atoms. The molecule has 0 aromatic rings. The molecule has 3 heteroatoms. The number of thioether (sulfide) groups is 1. The lowest BCUT2D eigenvalue weighted by molar-refractivity contribution is -0.136. The first kappa shape index (κ1) is 13.8. The van der Waals surface area contributed by atoms with E-state index in [9.17, 15) is 4.79 Å². The maximum Gasteiger partial charge on any atom is 0.316 e. The van der Waals surface area contributed by atoms with Crippen LogP contribution >= 0.6 is 11.8 Å². The summed E-state index contributed by atoms with van der Waals surface area (Å²) in [4.78, 5) is 10.8. The number of hydrogen-bond donors (Lipinski definition) is 1. The third kappa shape index (κ3) is 7.25. The zero-order chi connectivity index (χ0) is 10.8. The predicted molar refractivity (Wildman–Crippen MR) is 62.9 cm³/mol. The molecule has 0 amide bonds. The van der Waals surface area contributed by atoms with Gasteiger partial charge < -0.3 is 5.11 Å². The van der Waals surface area contributed by atoms with Gasteiger partial charge in [-0.25, -0.2) is 0 Å². The van der Waals surface area contributed by atoms with Crippen LogP contribution in [-0.4, -0.2) is 22.1 Å². The van der Waals surface area contributed by atoms with Crippen LogP contribution in [0.4, 0.5) is 0 Å². The minimum absolute atomic E-state index is 0.174. The summed E-state index contributed by atoms with van der Waals surface area (Å²) in [7, 11) is 0. The van der Waals surface area contributed by atoms with Crippen LogP contribution in [0.3, 0.4) is 0 Å². The van der Waals surface area contributed by atoms with Gasteiger partial charge in [-0.3, -0.25) is 4.79 Å². The van der Waals surface area contributed by atoms with Gasteiger partial charge >= 0.3 is 5.97 Å². The summed E-state index contributed by atoms with van der Waals surface area (Å²) in [6.07, 6.45) is 6.56. The van der Waals surface area contributed by atoms with Crippen molar-refractivity contribution < 1.29 is 9.90 Å². The van der Waals surface area contributed by atoms with Crippen molar-refractivity contribution in [1.29, 1.82) is 0 Å². The summed E-state index contributed by atoms with van der Waals surface area (Å²) in [6.45, 7) is 4.25. The van der Waals surface area contributed by atoms with Gasteiger partial charge in [-0.2, -0.15) is 0 Å². The molecule has 0 aromatic carbocycles. The van der Waals surface area contributed by atoms with E-state index in [1.807, 2.05) is 0 Å². The van der Waals surface area contributed by atoms with Crippen molar-refractivity contribution in [2.24, 2.45) is 0 Å². The second-order valence-corrected chi connectivity index (χ2v) is 4.86. The average Bonchev–Trinajstić information content (AvgIpc) is 2.16. The first-order valence-corrected chi connectivity index (χ1v) is 6.61. The zero-order valence-electron chi connectivity index (χ0n) is 9.29. The van der Waals surface area contributed by atoms with Crippen LogP contribution in [-0.2, 0) is 4.79 Å². The van der Waals surface area contributed by atoms with Gasteiger partial charge in [0.15, 0.2) is 0 Å². The minimum atomic E-state index is -0.639. The Hall–Kier alpha value is -0.180. The molecule has 1 N–H and O–H groups in total. The van der Waals surface area contributed by atoms with Crippen LogP contribution in [0.25, 0.3) is 0 Å². The van der Waals surface area contributed by atoms with E-state index in [4.69, 9.17) is 5.11 Å². The number of carboxylic acid groups (broad SMARTS) is 1. The number of carboxylic acids is 1. The number of carbonyl (C=O) groups is 1. The number of aliphatic carboxylic acids is 1. The van der Waals surface area contributed by atoms with E-state index in [1.165, 1.54) is 19.3 Å². The average molecular weight is 218 g/mol. The molecule has 0 radical (unpaired) electrons. The Labute approximate surface area is 91.5 Å². The highest BCUT2D eigenvalue weighted by molar-refractivity contribution is 8.00. The van der Waals surface area contributed by atoms with E-state index in [2.05, 4.69) is 13.8 Å². The van der Waals surface area contributed by atoms with Crippen molar-refractivity contribution in [2.75, 3.05) is 5.75 Å². The van der Waals surface area contributed by atoms with E-state index in [-0.39, 0.29) is 5.25 Å². The third-order valence-corrected chi connectivity index (χ3v) is 3.60. The van der Waals surface area contributed by atoms with Crippen molar-refractivity contribution in [2.45, 2.75) is 57.6 Å². The molecule has 2 nitrogen and oxygen atoms in total. The van der Waals surface area contributed by atoms with E-state index >= 15 is 0 Å². The predicted octanol–water partition coefficient (Wildman–Crippen LogP) is 3.55. The van der Waals surface area contributed by atoms with Crippen molar-refractivity contribution in [3.63, 3.8) is 0 Å². The number of unbranched alkanes of at least 4 members (excludes halogenated alkanes) is 3. The molecule has 0 aliphatic carbocycles. The SMILES string of the molecule is CCCCCCC(SCCC)C(=O)O. The highest BCUT2D eigenvalue weighted by Gasteiger charge is 2.16. The second-order valence-electron chi connectivity index (χ2n) is 3.55. The fourth-order valence-corrected chi connectivity index (χ4v) is 2.29. The topological polar surface area (TPSA) is 37.3 Å². The molecule has 0 bridgehead atoms. The normalized spacial score (nSPS) is 12.7. The second kappa shape index (κ2) is 9.38. The van der Waals surface area contributed by atoms with Crippen molar-refractivity contribution in [1.82, 2.24) is 0 Å². The van der Waals surface area contributed by atoms with Crippen molar-refractivity contribution in [3.8, 4) is 0 Å². The molecule has 0 aliphatic heterocycles. The molecular weight excluding hydrogens is 196 g/mol. The van der Waals surface area contributed by atoms with Crippen LogP contribution < -0.4 is 0 Å². The molecule has 0 saturated carbocycles. The Kier molecular flexibility index (Phi) is 9.26. The number of hydrogen-bond acceptors (Lipinski definition) is 2. The quantitative estimate of drug-likeness (QED) is 0.601. The summed E-state index contributed by atoms with van der Waals surface area (Å²) < 4.78 is 0. The van der Waals surface area contributed by atoms with E-state index in [1.54, 1.807) is 11.8 Å². The maximum absolute atomic E-state index is 10.8. The molecule has 84 valence electrons. The summed E-state index contributed by atoms with van der Waals surface area (Å²) in [5.41, 5.74) is 0. The minimum Gasteiger partial charge on any atom is -0.480 e. The summed E-state index contributed by atoms with van der Waals surface area (Å²) >= 11 is 1.59. The van der Waals surface area contributed by atoms with Gasteiger partial charge in [-0.15, -0.1) is 11.8 Å². The van der Waals surface area contributed by atoms with Crippen LogP contribution in [0.2, 0.25) is 0 Å². The van der Waals surface area contributed by atoms with Crippen LogP contribution in [0.15, 0.2) is 0 Å². The Morgan fingerprint density at radius 2 is 1.93 bits per heavy atom. The number of rotatable bonds is 9. The maximum atomic E-state index is 10.8. The van der Waals surface area contributed by atoms with E-state index in [0.717, 1.165) is 25.0 Å². The highest BCUT2D eigenvalue weighted by atomic mass is 32.2. The zero-order valence-corrected chi connectivity index (χ0v) is 10.1. The first-order valence-electron chi connectivity index (χ1n) is 5.56. The Morgan fingerprint density at radius 3 is 2.43 bits per heavy atom. The van der Waals surface area contributed by atoms with Gasteiger partial charge in [0, 0.05) is 0 Å². The van der Waals surface area contributed by atoms with E-state index < -0.39 is 5.97 Å². The van der Waals surface area contributed by atoms with Crippen LogP contribution in [0.1, 0.15) is 52.4 Å². The molecule has 0 rings (SSSR count). The molecule has 1 unspecified atom stereocenters. The van der Waals surface area contributed by atoms with Gasteiger partial charge in [0.05, 0.1) is 0 Å². The lowest BCUT2D eigenvalue weighted by Crippen LogP contribution is -2.16. The van der Waals surface area contributed by atoms with Crippen molar-refractivity contribution >= 4 is 17.7 Å². The van der Waals surface area contributed by atoms with Gasteiger partial charge in [-0.05, 0) is 18.6 Å². The molecule has 0 saturated heterocycles. The lowest BCUT2D eigenvalue weighted by atomic mass is 10.1. The Balaban J connectivity index is 3.57.